The third-order valence-corrected chi connectivity index (χ3v) is 14.4. The zero-order chi connectivity index (χ0) is 36.1. The summed E-state index contributed by atoms with van der Waals surface area (Å²) in [4.78, 5) is 2.66. The van der Waals surface area contributed by atoms with Gasteiger partial charge in [-0.25, -0.2) is 0 Å². The Hall–Kier alpha value is -5.66. The van der Waals surface area contributed by atoms with Crippen LogP contribution in [-0.4, -0.2) is 0 Å². The van der Waals surface area contributed by atoms with E-state index in [9.17, 15) is 0 Å². The first-order chi connectivity index (χ1) is 27.3. The van der Waals surface area contributed by atoms with E-state index in [2.05, 4.69) is 169 Å². The molecule has 4 bridgehead atoms. The van der Waals surface area contributed by atoms with Crippen molar-refractivity contribution >= 4 is 17.1 Å². The van der Waals surface area contributed by atoms with Crippen LogP contribution < -0.4 is 4.90 Å². The highest BCUT2D eigenvalue weighted by Crippen LogP contribution is 2.63. The molecule has 0 amide bonds. The van der Waals surface area contributed by atoms with Crippen LogP contribution in [0.2, 0.25) is 0 Å². The lowest BCUT2D eigenvalue weighted by atomic mass is 9.63. The first-order valence-corrected chi connectivity index (χ1v) is 20.7. The minimum Gasteiger partial charge on any atom is -0.310 e. The Bertz CT molecular complexity index is 2570. The lowest BCUT2D eigenvalue weighted by Gasteiger charge is -2.43. The van der Waals surface area contributed by atoms with Crippen molar-refractivity contribution in [2.45, 2.75) is 62.2 Å². The standard InChI is InChI=1S/C54H45N/c1-2-16-41(17-3-1)55(50-26-12-21-44-43-19-7-6-18-42(43)39-31-35-30-36(32-39)34-40(33-35)52(44)50)51-27-13-25-49-53(51)45-20-8-11-24-48(45)54(49)46-22-9-4-14-37(46)28-29-38-15-5-10-23-47(38)54/h1-27,35-36,39-40H,28-34H2. The molecular weight excluding hydrogens is 663 g/mol. The summed E-state index contributed by atoms with van der Waals surface area (Å²) in [6, 6.07) is 63.2. The van der Waals surface area contributed by atoms with E-state index in [0.717, 1.165) is 24.7 Å². The molecule has 2 saturated carbocycles. The maximum atomic E-state index is 2.66. The summed E-state index contributed by atoms with van der Waals surface area (Å²) >= 11 is 0. The lowest BCUT2D eigenvalue weighted by Crippen LogP contribution is -2.30. The summed E-state index contributed by atoms with van der Waals surface area (Å²) in [6.45, 7) is 0. The average molecular weight is 708 g/mol. The van der Waals surface area contributed by atoms with E-state index >= 15 is 0 Å². The van der Waals surface area contributed by atoms with Gasteiger partial charge in [0.25, 0.3) is 0 Å². The molecule has 0 aromatic heterocycles. The van der Waals surface area contributed by atoms with E-state index in [4.69, 9.17) is 0 Å². The van der Waals surface area contributed by atoms with Gasteiger partial charge in [-0.1, -0.05) is 140 Å². The second kappa shape index (κ2) is 12.2. The molecule has 2 unspecified atom stereocenters. The predicted octanol–water partition coefficient (Wildman–Crippen LogP) is 13.7. The van der Waals surface area contributed by atoms with Gasteiger partial charge in [0.15, 0.2) is 0 Å². The number of fused-ring (bicyclic) bond motifs is 9. The number of benzene rings is 7. The fraction of sp³-hybridized carbons (Fsp3) is 0.222. The third kappa shape index (κ3) is 4.53. The molecule has 0 heterocycles. The van der Waals surface area contributed by atoms with Crippen LogP contribution in [0.15, 0.2) is 164 Å². The summed E-state index contributed by atoms with van der Waals surface area (Å²) in [5.74, 6) is 2.78. The van der Waals surface area contributed by atoms with Crippen LogP contribution in [0.25, 0.3) is 22.3 Å². The third-order valence-electron chi connectivity index (χ3n) is 14.4. The van der Waals surface area contributed by atoms with Crippen LogP contribution in [-0.2, 0) is 18.3 Å². The zero-order valence-electron chi connectivity index (χ0n) is 31.3. The first kappa shape index (κ1) is 31.7. The van der Waals surface area contributed by atoms with E-state index in [0.29, 0.717) is 11.8 Å². The molecule has 13 rings (SSSR count). The van der Waals surface area contributed by atoms with Gasteiger partial charge in [0.1, 0.15) is 0 Å². The first-order valence-electron chi connectivity index (χ1n) is 20.7. The molecule has 7 aromatic rings. The normalized spacial score (nSPS) is 21.8. The maximum Gasteiger partial charge on any atom is 0.0719 e. The summed E-state index contributed by atoms with van der Waals surface area (Å²) in [7, 11) is 0. The molecule has 1 spiro atoms. The number of rotatable bonds is 3. The molecule has 0 N–H and O–H groups in total. The Kier molecular flexibility index (Phi) is 7.01. The summed E-state index contributed by atoms with van der Waals surface area (Å²) in [5, 5.41) is 0. The fourth-order valence-corrected chi connectivity index (χ4v) is 12.5. The highest BCUT2D eigenvalue weighted by Gasteiger charge is 2.50. The number of anilines is 3. The van der Waals surface area contributed by atoms with Crippen LogP contribution in [0.5, 0.6) is 0 Å². The van der Waals surface area contributed by atoms with Crippen LogP contribution >= 0.6 is 0 Å². The molecule has 55 heavy (non-hydrogen) atoms. The van der Waals surface area contributed by atoms with Gasteiger partial charge in [-0.05, 0) is 154 Å². The molecular formula is C54H45N. The highest BCUT2D eigenvalue weighted by atomic mass is 15.1. The van der Waals surface area contributed by atoms with Crippen LogP contribution in [0.3, 0.4) is 0 Å². The predicted molar refractivity (Wildman–Crippen MR) is 227 cm³/mol. The van der Waals surface area contributed by atoms with E-state index in [1.54, 1.807) is 11.1 Å². The van der Waals surface area contributed by atoms with Gasteiger partial charge < -0.3 is 4.90 Å². The van der Waals surface area contributed by atoms with Crippen LogP contribution in [0, 0.1) is 11.8 Å². The number of hydrogen-bond acceptors (Lipinski definition) is 1. The quantitative estimate of drug-likeness (QED) is 0.177. The molecule has 0 saturated heterocycles. The highest BCUT2D eigenvalue weighted by molar-refractivity contribution is 5.99. The van der Waals surface area contributed by atoms with E-state index in [1.165, 1.54) is 105 Å². The molecule has 0 radical (unpaired) electrons. The zero-order valence-corrected chi connectivity index (χ0v) is 31.3. The van der Waals surface area contributed by atoms with Gasteiger partial charge in [0.05, 0.1) is 16.8 Å². The van der Waals surface area contributed by atoms with Crippen LogP contribution in [0.1, 0.15) is 88.4 Å². The summed E-state index contributed by atoms with van der Waals surface area (Å²) < 4.78 is 0. The molecule has 2 atom stereocenters. The van der Waals surface area contributed by atoms with Gasteiger partial charge in [-0.3, -0.25) is 0 Å². The van der Waals surface area contributed by atoms with Crippen molar-refractivity contribution in [2.75, 3.05) is 4.90 Å². The van der Waals surface area contributed by atoms with Gasteiger partial charge in [-0.2, -0.15) is 0 Å². The second-order valence-electron chi connectivity index (χ2n) is 17.1. The molecule has 266 valence electrons. The van der Waals surface area contributed by atoms with Crippen molar-refractivity contribution in [1.82, 2.24) is 0 Å². The Labute approximate surface area is 325 Å². The summed E-state index contributed by atoms with van der Waals surface area (Å²) in [6.07, 6.45) is 8.75. The Morgan fingerprint density at radius 1 is 0.400 bits per heavy atom. The van der Waals surface area contributed by atoms with Gasteiger partial charge >= 0.3 is 0 Å². The monoisotopic (exact) mass is 707 g/mol. The fourth-order valence-electron chi connectivity index (χ4n) is 12.5. The second-order valence-corrected chi connectivity index (χ2v) is 17.1. The molecule has 6 aliphatic carbocycles. The topological polar surface area (TPSA) is 3.24 Å². The van der Waals surface area contributed by atoms with Gasteiger partial charge in [0, 0.05) is 11.3 Å². The summed E-state index contributed by atoms with van der Waals surface area (Å²) in [5.41, 5.74) is 20.7. The minimum atomic E-state index is -0.409. The largest absolute Gasteiger partial charge is 0.310 e. The average Bonchev–Trinajstić information content (AvgIpc) is 3.48. The van der Waals surface area contributed by atoms with Crippen molar-refractivity contribution in [3.8, 4) is 22.3 Å². The minimum absolute atomic E-state index is 0.409. The smallest absolute Gasteiger partial charge is 0.0719 e. The van der Waals surface area contributed by atoms with E-state index in [-0.39, 0.29) is 0 Å². The Morgan fingerprint density at radius 2 is 0.945 bits per heavy atom. The number of hydrogen-bond donors (Lipinski definition) is 0. The molecule has 7 aromatic carbocycles. The SMILES string of the molecule is c1ccc(N(c2cccc3c2-c2ccccc2C32c3ccccc3CCc3ccccc32)c2cccc3c2C2CC4CC(CC(C4)c4ccccc4-3)C2)cc1. The van der Waals surface area contributed by atoms with Gasteiger partial charge in [-0.15, -0.1) is 0 Å². The van der Waals surface area contributed by atoms with Crippen LogP contribution in [0.4, 0.5) is 17.1 Å². The molecule has 0 aliphatic heterocycles. The number of aryl methyl sites for hydroxylation is 2. The lowest BCUT2D eigenvalue weighted by molar-refractivity contribution is 0.153. The van der Waals surface area contributed by atoms with Crippen molar-refractivity contribution in [2.24, 2.45) is 11.8 Å². The van der Waals surface area contributed by atoms with Crippen molar-refractivity contribution < 1.29 is 0 Å². The maximum absolute atomic E-state index is 2.66. The number of nitrogens with zero attached hydrogens (tertiary/aromatic N) is 1. The van der Waals surface area contributed by atoms with Crippen molar-refractivity contribution in [1.29, 1.82) is 0 Å². The van der Waals surface area contributed by atoms with E-state index < -0.39 is 5.41 Å². The molecule has 1 heteroatoms. The van der Waals surface area contributed by atoms with E-state index in [1.807, 2.05) is 0 Å². The molecule has 2 fully saturated rings. The Balaban J connectivity index is 1.18. The van der Waals surface area contributed by atoms with Gasteiger partial charge in [0.2, 0.25) is 0 Å². The van der Waals surface area contributed by atoms with Crippen molar-refractivity contribution in [3.63, 3.8) is 0 Å². The van der Waals surface area contributed by atoms with Crippen molar-refractivity contribution in [3.05, 3.63) is 208 Å². The molecule has 1 nitrogen and oxygen atoms in total. The molecule has 6 aliphatic rings. The Morgan fingerprint density at radius 3 is 1.69 bits per heavy atom. The number of para-hydroxylation sites is 1.